The van der Waals surface area contributed by atoms with E-state index in [1.54, 1.807) is 66.6 Å². The molecule has 0 saturated carbocycles. The van der Waals surface area contributed by atoms with Crippen LogP contribution in [0.25, 0.3) is 6.08 Å². The number of hydrogen-bond acceptors (Lipinski definition) is 6. The molecule has 0 atom stereocenters. The number of thiocarbonyl (C=S) groups is 1. The molecule has 1 aliphatic heterocycles. The van der Waals surface area contributed by atoms with Crippen LogP contribution in [-0.4, -0.2) is 39.8 Å². The Balaban J connectivity index is 1.41. The second-order valence-corrected chi connectivity index (χ2v) is 8.66. The van der Waals surface area contributed by atoms with Gasteiger partial charge in [0.05, 0.1) is 12.0 Å². The molecule has 0 aliphatic carbocycles. The molecule has 6 nitrogen and oxygen atoms in total. The maximum Gasteiger partial charge on any atom is 0.266 e. The van der Waals surface area contributed by atoms with Gasteiger partial charge >= 0.3 is 0 Å². The molecular formula is C23H24N2O4S2. The summed E-state index contributed by atoms with van der Waals surface area (Å²) in [5, 5.41) is 12.8. The number of carbonyl (C=O) groups excluding carboxylic acids is 2. The SMILES string of the molecule is COc1ccc(NC(=O)CCCCCN2C(=O)/C(=C/c3ccccc3O)SC2=S)cc1. The highest BCUT2D eigenvalue weighted by atomic mass is 32.2. The van der Waals surface area contributed by atoms with Gasteiger partial charge in [-0.05, 0) is 49.2 Å². The molecule has 31 heavy (non-hydrogen) atoms. The molecule has 3 rings (SSSR count). The standard InChI is InChI=1S/C23H24N2O4S2/c1-29-18-12-10-17(11-13-18)24-21(27)9-3-2-6-14-25-22(28)20(31-23(25)30)15-16-7-4-5-8-19(16)26/h4-5,7-8,10-13,15,26H,2-3,6,9,14H2,1H3,(H,24,27)/b20-15-. The van der Waals surface area contributed by atoms with Crippen molar-refractivity contribution < 1.29 is 19.4 Å². The first-order chi connectivity index (χ1) is 15.0. The predicted molar refractivity (Wildman–Crippen MR) is 128 cm³/mol. The number of nitrogens with one attached hydrogen (secondary N) is 1. The summed E-state index contributed by atoms with van der Waals surface area (Å²) in [6, 6.07) is 14.1. The van der Waals surface area contributed by atoms with Gasteiger partial charge in [0.15, 0.2) is 0 Å². The summed E-state index contributed by atoms with van der Waals surface area (Å²) in [4.78, 5) is 26.8. The number of thioether (sulfide) groups is 1. The number of carbonyl (C=O) groups is 2. The Morgan fingerprint density at radius 3 is 2.61 bits per heavy atom. The van der Waals surface area contributed by atoms with Crippen LogP contribution < -0.4 is 10.1 Å². The molecule has 1 fully saturated rings. The van der Waals surface area contributed by atoms with Crippen LogP contribution in [0.3, 0.4) is 0 Å². The van der Waals surface area contributed by atoms with Crippen molar-refractivity contribution in [1.82, 2.24) is 4.90 Å². The third kappa shape index (κ3) is 6.32. The number of phenols is 1. The first-order valence-electron chi connectivity index (χ1n) is 9.95. The summed E-state index contributed by atoms with van der Waals surface area (Å²) in [6.45, 7) is 0.517. The highest BCUT2D eigenvalue weighted by Crippen LogP contribution is 2.34. The summed E-state index contributed by atoms with van der Waals surface area (Å²) in [5.74, 6) is 0.682. The average molecular weight is 457 g/mol. The first-order valence-corrected chi connectivity index (χ1v) is 11.2. The fourth-order valence-corrected chi connectivity index (χ4v) is 4.37. The zero-order valence-electron chi connectivity index (χ0n) is 17.2. The van der Waals surface area contributed by atoms with Crippen LogP contribution in [0, 0.1) is 0 Å². The number of rotatable bonds is 9. The Morgan fingerprint density at radius 2 is 1.90 bits per heavy atom. The van der Waals surface area contributed by atoms with E-state index in [9.17, 15) is 14.7 Å². The Kier molecular flexibility index (Phi) is 8.08. The molecular weight excluding hydrogens is 432 g/mol. The van der Waals surface area contributed by atoms with Crippen LogP contribution in [0.15, 0.2) is 53.4 Å². The minimum absolute atomic E-state index is 0.0404. The largest absolute Gasteiger partial charge is 0.507 e. The lowest BCUT2D eigenvalue weighted by Gasteiger charge is -2.14. The van der Waals surface area contributed by atoms with Crippen LogP contribution in [0.2, 0.25) is 0 Å². The van der Waals surface area contributed by atoms with E-state index in [4.69, 9.17) is 17.0 Å². The molecule has 2 aromatic rings. The van der Waals surface area contributed by atoms with Crippen LogP contribution in [0.5, 0.6) is 11.5 Å². The van der Waals surface area contributed by atoms with Crippen molar-refractivity contribution in [2.24, 2.45) is 0 Å². The van der Waals surface area contributed by atoms with Crippen molar-refractivity contribution in [3.63, 3.8) is 0 Å². The van der Waals surface area contributed by atoms with Crippen molar-refractivity contribution in [3.8, 4) is 11.5 Å². The number of ether oxygens (including phenoxy) is 1. The molecule has 0 bridgehead atoms. The molecule has 1 aliphatic rings. The van der Waals surface area contributed by atoms with Crippen LogP contribution >= 0.6 is 24.0 Å². The van der Waals surface area contributed by atoms with E-state index in [1.165, 1.54) is 11.8 Å². The Bertz CT molecular complexity index is 989. The highest BCUT2D eigenvalue weighted by molar-refractivity contribution is 8.26. The molecule has 2 aromatic carbocycles. The topological polar surface area (TPSA) is 78.9 Å². The Morgan fingerprint density at radius 1 is 1.16 bits per heavy atom. The lowest BCUT2D eigenvalue weighted by molar-refractivity contribution is -0.122. The van der Waals surface area contributed by atoms with Crippen molar-refractivity contribution >= 4 is 51.9 Å². The summed E-state index contributed by atoms with van der Waals surface area (Å²) in [6.07, 6.45) is 4.37. The molecule has 1 heterocycles. The quantitative estimate of drug-likeness (QED) is 0.321. The zero-order valence-corrected chi connectivity index (χ0v) is 18.8. The fourth-order valence-electron chi connectivity index (χ4n) is 3.07. The van der Waals surface area contributed by atoms with Crippen molar-refractivity contribution in [3.05, 3.63) is 59.0 Å². The smallest absolute Gasteiger partial charge is 0.266 e. The van der Waals surface area contributed by atoms with E-state index in [0.29, 0.717) is 27.8 Å². The van der Waals surface area contributed by atoms with Crippen LogP contribution in [-0.2, 0) is 9.59 Å². The minimum atomic E-state index is -0.143. The van der Waals surface area contributed by atoms with Crippen molar-refractivity contribution in [2.45, 2.75) is 25.7 Å². The fraction of sp³-hybridized carbons (Fsp3) is 0.261. The minimum Gasteiger partial charge on any atom is -0.507 e. The van der Waals surface area contributed by atoms with Gasteiger partial charge in [0.2, 0.25) is 5.91 Å². The number of benzene rings is 2. The van der Waals surface area contributed by atoms with Gasteiger partial charge in [0.25, 0.3) is 5.91 Å². The Hall–Kier alpha value is -2.84. The lowest BCUT2D eigenvalue weighted by atomic mass is 10.1. The van der Waals surface area contributed by atoms with Gasteiger partial charge in [0.1, 0.15) is 15.8 Å². The van der Waals surface area contributed by atoms with E-state index < -0.39 is 0 Å². The number of methoxy groups -OCH3 is 1. The molecule has 162 valence electrons. The molecule has 0 spiro atoms. The number of phenolic OH excluding ortho intramolecular Hbond substituents is 1. The summed E-state index contributed by atoms with van der Waals surface area (Å²) < 4.78 is 5.62. The summed E-state index contributed by atoms with van der Waals surface area (Å²) in [7, 11) is 1.60. The number of amides is 2. The van der Waals surface area contributed by atoms with E-state index >= 15 is 0 Å². The van der Waals surface area contributed by atoms with Gasteiger partial charge in [-0.3, -0.25) is 14.5 Å². The van der Waals surface area contributed by atoms with Gasteiger partial charge in [-0.15, -0.1) is 0 Å². The predicted octanol–water partition coefficient (Wildman–Crippen LogP) is 4.80. The molecule has 0 aromatic heterocycles. The molecule has 8 heteroatoms. The van der Waals surface area contributed by atoms with Crippen LogP contribution in [0.1, 0.15) is 31.2 Å². The van der Waals surface area contributed by atoms with Gasteiger partial charge in [0, 0.05) is 24.2 Å². The summed E-state index contributed by atoms with van der Waals surface area (Å²) >= 11 is 6.59. The van der Waals surface area contributed by atoms with Crippen molar-refractivity contribution in [1.29, 1.82) is 0 Å². The Labute approximate surface area is 191 Å². The number of unbranched alkanes of at least 4 members (excludes halogenated alkanes) is 2. The number of para-hydroxylation sites is 1. The molecule has 0 radical (unpaired) electrons. The monoisotopic (exact) mass is 456 g/mol. The number of nitrogens with zero attached hydrogens (tertiary/aromatic N) is 1. The van der Waals surface area contributed by atoms with E-state index in [1.807, 2.05) is 0 Å². The van der Waals surface area contributed by atoms with Gasteiger partial charge < -0.3 is 15.2 Å². The molecule has 2 N–H and O–H groups in total. The van der Waals surface area contributed by atoms with Gasteiger partial charge in [-0.1, -0.05) is 48.6 Å². The van der Waals surface area contributed by atoms with Gasteiger partial charge in [-0.25, -0.2) is 0 Å². The molecule has 1 saturated heterocycles. The third-order valence-electron chi connectivity index (χ3n) is 4.76. The van der Waals surface area contributed by atoms with Gasteiger partial charge in [-0.2, -0.15) is 0 Å². The maximum absolute atomic E-state index is 12.6. The van der Waals surface area contributed by atoms with Crippen LogP contribution in [0.4, 0.5) is 5.69 Å². The number of hydrogen-bond donors (Lipinski definition) is 2. The number of anilines is 1. The maximum atomic E-state index is 12.6. The van der Waals surface area contributed by atoms with E-state index in [0.717, 1.165) is 30.7 Å². The second kappa shape index (κ2) is 11.0. The summed E-state index contributed by atoms with van der Waals surface area (Å²) in [5.41, 5.74) is 1.32. The zero-order chi connectivity index (χ0) is 22.2. The average Bonchev–Trinajstić information content (AvgIpc) is 3.03. The normalized spacial score (nSPS) is 14.9. The molecule has 2 amide bonds. The first kappa shape index (κ1) is 22.8. The molecule has 0 unspecified atom stereocenters. The third-order valence-corrected chi connectivity index (χ3v) is 6.13. The van der Waals surface area contributed by atoms with E-state index in [2.05, 4.69) is 5.32 Å². The highest BCUT2D eigenvalue weighted by Gasteiger charge is 2.31. The number of aromatic hydroxyl groups is 1. The van der Waals surface area contributed by atoms with E-state index in [-0.39, 0.29) is 17.6 Å². The lowest BCUT2D eigenvalue weighted by Crippen LogP contribution is -2.29. The second-order valence-electron chi connectivity index (χ2n) is 6.98. The van der Waals surface area contributed by atoms with Crippen molar-refractivity contribution in [2.75, 3.05) is 19.0 Å².